The van der Waals surface area contributed by atoms with Crippen molar-refractivity contribution in [2.24, 2.45) is 0 Å². The Morgan fingerprint density at radius 1 is 1.37 bits per heavy atom. The molecule has 19 heavy (non-hydrogen) atoms. The van der Waals surface area contributed by atoms with Crippen molar-refractivity contribution < 1.29 is 9.21 Å². The molecule has 1 aromatic heterocycles. The van der Waals surface area contributed by atoms with Crippen molar-refractivity contribution >= 4 is 17.7 Å². The van der Waals surface area contributed by atoms with E-state index in [4.69, 9.17) is 9.68 Å². The number of nitrogens with one attached hydrogen (secondary N) is 1. The SMILES string of the molecule is Cc1ccc(C=CC(=O)Nc2cccc(C#N)c2)o1. The van der Waals surface area contributed by atoms with Crippen LogP contribution in [0.3, 0.4) is 0 Å². The third kappa shape index (κ3) is 3.58. The summed E-state index contributed by atoms with van der Waals surface area (Å²) in [6.45, 7) is 1.84. The molecule has 1 heterocycles. The molecule has 0 saturated heterocycles. The summed E-state index contributed by atoms with van der Waals surface area (Å²) in [6, 6.07) is 12.4. The average molecular weight is 252 g/mol. The summed E-state index contributed by atoms with van der Waals surface area (Å²) in [5, 5.41) is 11.4. The second-order valence-electron chi connectivity index (χ2n) is 3.96. The van der Waals surface area contributed by atoms with Crippen molar-refractivity contribution in [3.8, 4) is 6.07 Å². The summed E-state index contributed by atoms with van der Waals surface area (Å²) in [5.41, 5.74) is 1.09. The summed E-state index contributed by atoms with van der Waals surface area (Å²) in [6.07, 6.45) is 2.98. The molecular formula is C15H12N2O2. The molecule has 1 amide bonds. The van der Waals surface area contributed by atoms with Crippen LogP contribution in [0.1, 0.15) is 17.1 Å². The van der Waals surface area contributed by atoms with Crippen LogP contribution in [0, 0.1) is 18.3 Å². The van der Waals surface area contributed by atoms with Gasteiger partial charge in [-0.3, -0.25) is 4.79 Å². The number of anilines is 1. The minimum absolute atomic E-state index is 0.274. The highest BCUT2D eigenvalue weighted by Gasteiger charge is 2.00. The lowest BCUT2D eigenvalue weighted by atomic mass is 10.2. The lowest BCUT2D eigenvalue weighted by Gasteiger charge is -2.01. The van der Waals surface area contributed by atoms with E-state index in [1.807, 2.05) is 19.1 Å². The summed E-state index contributed by atoms with van der Waals surface area (Å²) < 4.78 is 5.31. The smallest absolute Gasteiger partial charge is 0.248 e. The molecule has 0 atom stereocenters. The summed E-state index contributed by atoms with van der Waals surface area (Å²) in [5.74, 6) is 1.14. The number of benzene rings is 1. The molecule has 0 spiro atoms. The summed E-state index contributed by atoms with van der Waals surface area (Å²) in [4.78, 5) is 11.7. The molecule has 0 aliphatic heterocycles. The Kier molecular flexibility index (Phi) is 3.79. The maximum atomic E-state index is 11.7. The first-order valence-corrected chi connectivity index (χ1v) is 5.73. The van der Waals surface area contributed by atoms with Gasteiger partial charge in [-0.25, -0.2) is 0 Å². The van der Waals surface area contributed by atoms with Crippen molar-refractivity contribution in [1.29, 1.82) is 5.26 Å². The highest BCUT2D eigenvalue weighted by molar-refractivity contribution is 6.01. The second-order valence-corrected chi connectivity index (χ2v) is 3.96. The quantitative estimate of drug-likeness (QED) is 0.853. The number of hydrogen-bond donors (Lipinski definition) is 1. The van der Waals surface area contributed by atoms with Crippen molar-refractivity contribution in [2.75, 3.05) is 5.32 Å². The van der Waals surface area contributed by atoms with Gasteiger partial charge in [-0.05, 0) is 43.3 Å². The van der Waals surface area contributed by atoms with Crippen LogP contribution in [0.4, 0.5) is 5.69 Å². The van der Waals surface area contributed by atoms with Gasteiger partial charge >= 0.3 is 0 Å². The zero-order valence-electron chi connectivity index (χ0n) is 10.4. The van der Waals surface area contributed by atoms with Gasteiger partial charge in [0.1, 0.15) is 11.5 Å². The van der Waals surface area contributed by atoms with Crippen LogP contribution in [0.25, 0.3) is 6.08 Å². The number of nitriles is 1. The number of amides is 1. The van der Waals surface area contributed by atoms with Crippen molar-refractivity contribution in [3.63, 3.8) is 0 Å². The van der Waals surface area contributed by atoms with Crippen LogP contribution < -0.4 is 5.32 Å². The Morgan fingerprint density at radius 2 is 2.21 bits per heavy atom. The van der Waals surface area contributed by atoms with E-state index in [9.17, 15) is 4.79 Å². The van der Waals surface area contributed by atoms with E-state index < -0.39 is 0 Å². The predicted octanol–water partition coefficient (Wildman–Crippen LogP) is 3.11. The Bertz CT molecular complexity index is 663. The first-order chi connectivity index (χ1) is 9.17. The van der Waals surface area contributed by atoms with Crippen LogP contribution in [-0.2, 0) is 4.79 Å². The number of carbonyl (C=O) groups is 1. The number of rotatable bonds is 3. The minimum atomic E-state index is -0.274. The molecule has 0 unspecified atom stereocenters. The van der Waals surface area contributed by atoms with E-state index in [-0.39, 0.29) is 5.91 Å². The fraction of sp³-hybridized carbons (Fsp3) is 0.0667. The molecule has 2 rings (SSSR count). The van der Waals surface area contributed by atoms with Gasteiger partial charge in [0, 0.05) is 11.8 Å². The molecule has 1 aromatic carbocycles. The molecule has 1 N–H and O–H groups in total. The molecule has 0 aliphatic carbocycles. The zero-order chi connectivity index (χ0) is 13.7. The summed E-state index contributed by atoms with van der Waals surface area (Å²) in [7, 11) is 0. The van der Waals surface area contributed by atoms with E-state index in [1.165, 1.54) is 6.08 Å². The predicted molar refractivity (Wildman–Crippen MR) is 72.3 cm³/mol. The zero-order valence-corrected chi connectivity index (χ0v) is 10.4. The van der Waals surface area contributed by atoms with Crippen LogP contribution in [0.2, 0.25) is 0 Å². The third-order valence-electron chi connectivity index (χ3n) is 2.42. The number of nitrogens with zero attached hydrogens (tertiary/aromatic N) is 1. The topological polar surface area (TPSA) is 66.0 Å². The summed E-state index contributed by atoms with van der Waals surface area (Å²) >= 11 is 0. The maximum Gasteiger partial charge on any atom is 0.248 e. The van der Waals surface area contributed by atoms with E-state index in [0.29, 0.717) is 17.0 Å². The molecule has 94 valence electrons. The largest absolute Gasteiger partial charge is 0.462 e. The van der Waals surface area contributed by atoms with E-state index in [1.54, 1.807) is 36.4 Å². The maximum absolute atomic E-state index is 11.7. The molecular weight excluding hydrogens is 240 g/mol. The number of carbonyl (C=O) groups excluding carboxylic acids is 1. The van der Waals surface area contributed by atoms with E-state index >= 15 is 0 Å². The Balaban J connectivity index is 2.01. The standard InChI is InChI=1S/C15H12N2O2/c1-11-5-6-14(19-11)7-8-15(18)17-13-4-2-3-12(9-13)10-16/h2-9H,1H3,(H,17,18). The molecule has 0 aliphatic rings. The first-order valence-electron chi connectivity index (χ1n) is 5.73. The second kappa shape index (κ2) is 5.69. The van der Waals surface area contributed by atoms with Crippen molar-refractivity contribution in [1.82, 2.24) is 0 Å². The molecule has 0 radical (unpaired) electrons. The monoisotopic (exact) mass is 252 g/mol. The molecule has 0 saturated carbocycles. The van der Waals surface area contributed by atoms with Gasteiger partial charge in [-0.15, -0.1) is 0 Å². The average Bonchev–Trinajstić information content (AvgIpc) is 2.82. The normalized spacial score (nSPS) is 10.3. The Labute approximate surface area is 111 Å². The van der Waals surface area contributed by atoms with Crippen LogP contribution in [-0.4, -0.2) is 5.91 Å². The van der Waals surface area contributed by atoms with Crippen molar-refractivity contribution in [3.05, 3.63) is 59.6 Å². The van der Waals surface area contributed by atoms with Gasteiger partial charge in [0.25, 0.3) is 0 Å². The Morgan fingerprint density at radius 3 is 2.89 bits per heavy atom. The van der Waals surface area contributed by atoms with Gasteiger partial charge in [0.05, 0.1) is 11.6 Å². The number of furan rings is 1. The fourth-order valence-corrected chi connectivity index (χ4v) is 1.55. The first kappa shape index (κ1) is 12.7. The Hall–Kier alpha value is -2.80. The van der Waals surface area contributed by atoms with E-state index in [0.717, 1.165) is 5.76 Å². The molecule has 4 nitrogen and oxygen atoms in total. The van der Waals surface area contributed by atoms with Gasteiger partial charge in [0.15, 0.2) is 0 Å². The lowest BCUT2D eigenvalue weighted by molar-refractivity contribution is -0.111. The highest BCUT2D eigenvalue weighted by Crippen LogP contribution is 2.11. The van der Waals surface area contributed by atoms with Crippen molar-refractivity contribution in [2.45, 2.75) is 6.92 Å². The van der Waals surface area contributed by atoms with Crippen LogP contribution in [0.15, 0.2) is 46.9 Å². The minimum Gasteiger partial charge on any atom is -0.462 e. The van der Waals surface area contributed by atoms with Gasteiger partial charge in [-0.1, -0.05) is 6.07 Å². The van der Waals surface area contributed by atoms with Gasteiger partial charge in [-0.2, -0.15) is 5.26 Å². The molecule has 2 aromatic rings. The van der Waals surface area contributed by atoms with Crippen LogP contribution in [0.5, 0.6) is 0 Å². The fourth-order valence-electron chi connectivity index (χ4n) is 1.55. The number of hydrogen-bond acceptors (Lipinski definition) is 3. The number of aryl methyl sites for hydroxylation is 1. The highest BCUT2D eigenvalue weighted by atomic mass is 16.3. The van der Waals surface area contributed by atoms with Crippen LogP contribution >= 0.6 is 0 Å². The third-order valence-corrected chi connectivity index (χ3v) is 2.42. The van der Waals surface area contributed by atoms with Gasteiger partial charge < -0.3 is 9.73 Å². The van der Waals surface area contributed by atoms with E-state index in [2.05, 4.69) is 5.32 Å². The molecule has 4 heteroatoms. The van der Waals surface area contributed by atoms with Gasteiger partial charge in [0.2, 0.25) is 5.91 Å². The molecule has 0 fully saturated rings. The lowest BCUT2D eigenvalue weighted by Crippen LogP contribution is -2.07. The molecule has 0 bridgehead atoms.